The first-order valence-corrected chi connectivity index (χ1v) is 8.36. The first kappa shape index (κ1) is 12.2. The van der Waals surface area contributed by atoms with E-state index in [0.717, 1.165) is 37.4 Å². The molecule has 19 heavy (non-hydrogen) atoms. The number of hydrogen-bond donors (Lipinski definition) is 1. The zero-order valence-electron chi connectivity index (χ0n) is 11.8. The minimum atomic E-state index is 0.441. The number of carbonyl (C=O) groups excluding carboxylic acids is 1. The third-order valence-electron chi connectivity index (χ3n) is 5.88. The zero-order chi connectivity index (χ0) is 12.8. The van der Waals surface area contributed by atoms with Gasteiger partial charge in [-0.15, -0.1) is 0 Å². The van der Waals surface area contributed by atoms with Crippen molar-refractivity contribution in [2.45, 2.75) is 51.0 Å². The number of fused-ring (bicyclic) bond motifs is 1. The van der Waals surface area contributed by atoms with Crippen LogP contribution in [-0.2, 0) is 4.79 Å². The van der Waals surface area contributed by atoms with Crippen LogP contribution in [0.2, 0.25) is 0 Å². The maximum Gasteiger partial charge on any atom is 0.226 e. The van der Waals surface area contributed by atoms with Gasteiger partial charge in [0.05, 0.1) is 0 Å². The van der Waals surface area contributed by atoms with Crippen LogP contribution < -0.4 is 5.32 Å². The molecule has 2 unspecified atom stereocenters. The summed E-state index contributed by atoms with van der Waals surface area (Å²) in [6.45, 7) is 3.35. The average Bonchev–Trinajstić information content (AvgIpc) is 3.35. The maximum atomic E-state index is 12.8. The van der Waals surface area contributed by atoms with Crippen LogP contribution in [0.4, 0.5) is 0 Å². The van der Waals surface area contributed by atoms with Crippen molar-refractivity contribution in [2.75, 3.05) is 19.6 Å². The molecule has 4 aliphatic rings. The highest BCUT2D eigenvalue weighted by atomic mass is 16.2. The fourth-order valence-electron chi connectivity index (χ4n) is 4.53. The minimum Gasteiger partial charge on any atom is -0.339 e. The summed E-state index contributed by atoms with van der Waals surface area (Å²) in [5, 5.41) is 3.43. The molecular weight excluding hydrogens is 236 g/mol. The molecule has 0 aromatic carbocycles. The SMILES string of the molecule is O=C(C1C2CCCC21)N(CC1CCNCC1)C1CC1. The van der Waals surface area contributed by atoms with Crippen LogP contribution in [0.15, 0.2) is 0 Å². The van der Waals surface area contributed by atoms with Crippen molar-refractivity contribution in [1.82, 2.24) is 10.2 Å². The van der Waals surface area contributed by atoms with Gasteiger partial charge < -0.3 is 10.2 Å². The molecule has 2 atom stereocenters. The highest BCUT2D eigenvalue weighted by Crippen LogP contribution is 2.58. The second-order valence-electron chi connectivity index (χ2n) is 7.20. The number of rotatable bonds is 4. The number of nitrogens with one attached hydrogen (secondary N) is 1. The molecule has 3 nitrogen and oxygen atoms in total. The molecule has 4 fully saturated rings. The summed E-state index contributed by atoms with van der Waals surface area (Å²) in [6.07, 6.45) is 9.07. The van der Waals surface area contributed by atoms with Crippen molar-refractivity contribution >= 4 is 5.91 Å². The third kappa shape index (κ3) is 2.31. The molecular formula is C16H26N2O. The number of nitrogens with zero attached hydrogens (tertiary/aromatic N) is 1. The number of hydrogen-bond acceptors (Lipinski definition) is 2. The molecule has 1 aliphatic heterocycles. The normalized spacial score (nSPS) is 38.0. The minimum absolute atomic E-state index is 0.441. The summed E-state index contributed by atoms with van der Waals surface area (Å²) < 4.78 is 0. The number of piperidine rings is 1. The summed E-state index contributed by atoms with van der Waals surface area (Å²) in [4.78, 5) is 15.1. The van der Waals surface area contributed by atoms with E-state index in [9.17, 15) is 4.79 Å². The topological polar surface area (TPSA) is 32.3 Å². The van der Waals surface area contributed by atoms with Crippen LogP contribution in [0.3, 0.4) is 0 Å². The van der Waals surface area contributed by atoms with Crippen molar-refractivity contribution in [1.29, 1.82) is 0 Å². The van der Waals surface area contributed by atoms with Gasteiger partial charge in [-0.2, -0.15) is 0 Å². The Morgan fingerprint density at radius 3 is 2.32 bits per heavy atom. The van der Waals surface area contributed by atoms with Crippen LogP contribution in [0.1, 0.15) is 44.9 Å². The van der Waals surface area contributed by atoms with E-state index < -0.39 is 0 Å². The van der Waals surface area contributed by atoms with E-state index in [-0.39, 0.29) is 0 Å². The van der Waals surface area contributed by atoms with Gasteiger partial charge in [0, 0.05) is 18.5 Å². The molecule has 0 aromatic rings. The smallest absolute Gasteiger partial charge is 0.226 e. The van der Waals surface area contributed by atoms with E-state index in [2.05, 4.69) is 10.2 Å². The summed E-state index contributed by atoms with van der Waals surface area (Å²) >= 11 is 0. The second kappa shape index (κ2) is 4.76. The standard InChI is InChI=1S/C16H26N2O/c19-16(15-13-2-1-3-14(13)15)18(12-4-5-12)10-11-6-8-17-9-7-11/h11-15,17H,1-10H2. The van der Waals surface area contributed by atoms with E-state index in [1.807, 2.05) is 0 Å². The first-order valence-electron chi connectivity index (χ1n) is 8.36. The molecule has 3 heteroatoms. The Labute approximate surface area is 116 Å². The van der Waals surface area contributed by atoms with Crippen molar-refractivity contribution in [3.8, 4) is 0 Å². The molecule has 0 bridgehead atoms. The molecule has 1 amide bonds. The number of amides is 1. The maximum absolute atomic E-state index is 12.8. The molecule has 0 aromatic heterocycles. The van der Waals surface area contributed by atoms with Gasteiger partial charge in [-0.1, -0.05) is 6.42 Å². The lowest BCUT2D eigenvalue weighted by atomic mass is 9.97. The van der Waals surface area contributed by atoms with Gasteiger partial charge in [0.15, 0.2) is 0 Å². The Morgan fingerprint density at radius 1 is 1.00 bits per heavy atom. The van der Waals surface area contributed by atoms with E-state index in [0.29, 0.717) is 17.9 Å². The van der Waals surface area contributed by atoms with E-state index in [1.54, 1.807) is 0 Å². The highest BCUT2D eigenvalue weighted by molar-refractivity contribution is 5.83. The van der Waals surface area contributed by atoms with Crippen LogP contribution in [-0.4, -0.2) is 36.5 Å². The Morgan fingerprint density at radius 2 is 1.68 bits per heavy atom. The predicted molar refractivity (Wildman–Crippen MR) is 74.6 cm³/mol. The molecule has 0 radical (unpaired) electrons. The lowest BCUT2D eigenvalue weighted by molar-refractivity contribution is -0.134. The highest BCUT2D eigenvalue weighted by Gasteiger charge is 2.58. The van der Waals surface area contributed by atoms with Gasteiger partial charge in [0.1, 0.15) is 0 Å². The molecule has 3 saturated carbocycles. The van der Waals surface area contributed by atoms with Gasteiger partial charge in [-0.3, -0.25) is 4.79 Å². The lowest BCUT2D eigenvalue weighted by Crippen LogP contribution is -2.41. The largest absolute Gasteiger partial charge is 0.339 e. The third-order valence-corrected chi connectivity index (χ3v) is 5.88. The Hall–Kier alpha value is -0.570. The molecule has 3 aliphatic carbocycles. The van der Waals surface area contributed by atoms with E-state index in [1.165, 1.54) is 44.9 Å². The first-order chi connectivity index (χ1) is 9.34. The van der Waals surface area contributed by atoms with Gasteiger partial charge >= 0.3 is 0 Å². The Kier molecular flexibility index (Phi) is 3.06. The molecule has 1 heterocycles. The Balaban J connectivity index is 1.39. The van der Waals surface area contributed by atoms with Crippen LogP contribution in [0.25, 0.3) is 0 Å². The van der Waals surface area contributed by atoms with E-state index in [4.69, 9.17) is 0 Å². The van der Waals surface area contributed by atoms with Crippen LogP contribution in [0.5, 0.6) is 0 Å². The van der Waals surface area contributed by atoms with Crippen LogP contribution >= 0.6 is 0 Å². The van der Waals surface area contributed by atoms with Crippen molar-refractivity contribution in [2.24, 2.45) is 23.7 Å². The van der Waals surface area contributed by atoms with Crippen molar-refractivity contribution in [3.05, 3.63) is 0 Å². The predicted octanol–water partition coefficient (Wildman–Crippen LogP) is 2.02. The quantitative estimate of drug-likeness (QED) is 0.840. The molecule has 4 rings (SSSR count). The molecule has 106 valence electrons. The average molecular weight is 262 g/mol. The summed E-state index contributed by atoms with van der Waals surface area (Å²) in [5.41, 5.74) is 0. The molecule has 1 N–H and O–H groups in total. The summed E-state index contributed by atoms with van der Waals surface area (Å²) in [5.74, 6) is 3.29. The van der Waals surface area contributed by atoms with Gasteiger partial charge in [0.25, 0.3) is 0 Å². The Bertz CT molecular complexity index is 350. The summed E-state index contributed by atoms with van der Waals surface area (Å²) in [6, 6.07) is 0.615. The monoisotopic (exact) mass is 262 g/mol. The summed E-state index contributed by atoms with van der Waals surface area (Å²) in [7, 11) is 0. The van der Waals surface area contributed by atoms with Gasteiger partial charge in [-0.05, 0) is 69.4 Å². The fraction of sp³-hybridized carbons (Fsp3) is 0.938. The molecule has 1 saturated heterocycles. The van der Waals surface area contributed by atoms with Crippen molar-refractivity contribution in [3.63, 3.8) is 0 Å². The van der Waals surface area contributed by atoms with Gasteiger partial charge in [0.2, 0.25) is 5.91 Å². The van der Waals surface area contributed by atoms with E-state index >= 15 is 0 Å². The molecule has 0 spiro atoms. The van der Waals surface area contributed by atoms with Gasteiger partial charge in [-0.25, -0.2) is 0 Å². The van der Waals surface area contributed by atoms with Crippen LogP contribution in [0, 0.1) is 23.7 Å². The number of carbonyl (C=O) groups is 1. The fourth-order valence-corrected chi connectivity index (χ4v) is 4.53. The zero-order valence-corrected chi connectivity index (χ0v) is 11.8. The lowest BCUT2D eigenvalue weighted by Gasteiger charge is -2.31. The van der Waals surface area contributed by atoms with Crippen molar-refractivity contribution < 1.29 is 4.79 Å². The second-order valence-corrected chi connectivity index (χ2v) is 7.20.